The van der Waals surface area contributed by atoms with Crippen LogP contribution in [0.15, 0.2) is 18.2 Å². The number of aromatic nitrogens is 1. The number of hydrogen-bond acceptors (Lipinski definition) is 2. The Balaban J connectivity index is 2.48. The van der Waals surface area contributed by atoms with Gasteiger partial charge in [-0.05, 0) is 31.4 Å². The molecule has 16 heavy (non-hydrogen) atoms. The second kappa shape index (κ2) is 3.21. The van der Waals surface area contributed by atoms with E-state index in [1.54, 1.807) is 0 Å². The summed E-state index contributed by atoms with van der Waals surface area (Å²) >= 11 is 0. The lowest BCUT2D eigenvalue weighted by molar-refractivity contribution is 0.952. The van der Waals surface area contributed by atoms with Gasteiger partial charge in [0.05, 0.1) is 11.2 Å². The molecule has 0 bridgehead atoms. The van der Waals surface area contributed by atoms with Gasteiger partial charge in [0.25, 0.3) is 0 Å². The van der Waals surface area contributed by atoms with Crippen LogP contribution in [0.3, 0.4) is 0 Å². The summed E-state index contributed by atoms with van der Waals surface area (Å²) in [4.78, 5) is 7.11. The lowest BCUT2D eigenvalue weighted by Crippen LogP contribution is -2.13. The summed E-state index contributed by atoms with van der Waals surface area (Å²) < 4.78 is 0. The lowest BCUT2D eigenvalue weighted by Gasteiger charge is -2.16. The second-order valence-electron chi connectivity index (χ2n) is 4.67. The molecule has 0 atom stereocenters. The monoisotopic (exact) mass is 212 g/mol. The maximum atomic E-state index is 4.75. The molecule has 3 rings (SSSR count). The third-order valence-corrected chi connectivity index (χ3v) is 3.57. The summed E-state index contributed by atoms with van der Waals surface area (Å²) in [7, 11) is 2.17. The molecule has 0 amide bonds. The van der Waals surface area contributed by atoms with Gasteiger partial charge >= 0.3 is 0 Å². The largest absolute Gasteiger partial charge is 0.373 e. The first kappa shape index (κ1) is 9.64. The average Bonchev–Trinajstić information content (AvgIpc) is 2.64. The quantitative estimate of drug-likeness (QED) is 0.667. The highest BCUT2D eigenvalue weighted by Gasteiger charge is 2.21. The topological polar surface area (TPSA) is 16.1 Å². The molecule has 2 heterocycles. The van der Waals surface area contributed by atoms with E-state index in [0.29, 0.717) is 0 Å². The first-order chi connectivity index (χ1) is 7.68. The molecule has 2 nitrogen and oxygen atoms in total. The van der Waals surface area contributed by atoms with Gasteiger partial charge in [-0.3, -0.25) is 4.98 Å². The minimum Gasteiger partial charge on any atom is -0.373 e. The fraction of sp³-hybridized carbons (Fsp3) is 0.357. The van der Waals surface area contributed by atoms with E-state index in [4.69, 9.17) is 4.98 Å². The molecule has 0 radical (unpaired) electrons. The summed E-state index contributed by atoms with van der Waals surface area (Å²) in [6, 6.07) is 6.45. The molecule has 0 aliphatic carbocycles. The van der Waals surface area contributed by atoms with E-state index >= 15 is 0 Å². The zero-order chi connectivity index (χ0) is 11.3. The van der Waals surface area contributed by atoms with Gasteiger partial charge in [-0.1, -0.05) is 18.2 Å². The van der Waals surface area contributed by atoms with Crippen molar-refractivity contribution in [2.45, 2.75) is 20.3 Å². The van der Waals surface area contributed by atoms with Gasteiger partial charge in [0.1, 0.15) is 0 Å². The number of anilines is 1. The highest BCUT2D eigenvalue weighted by Crippen LogP contribution is 2.36. The van der Waals surface area contributed by atoms with Crippen molar-refractivity contribution >= 4 is 16.6 Å². The molecule has 0 N–H and O–H groups in total. The van der Waals surface area contributed by atoms with Gasteiger partial charge in [-0.15, -0.1) is 0 Å². The van der Waals surface area contributed by atoms with Crippen LogP contribution in [-0.4, -0.2) is 18.6 Å². The normalized spacial score (nSPS) is 14.6. The van der Waals surface area contributed by atoms with E-state index < -0.39 is 0 Å². The number of likely N-dealkylation sites (N-methyl/N-ethyl adjacent to an activating group) is 1. The fourth-order valence-electron chi connectivity index (χ4n) is 2.69. The number of rotatable bonds is 0. The molecule has 0 fully saturated rings. The van der Waals surface area contributed by atoms with Crippen LogP contribution in [0.2, 0.25) is 0 Å². The van der Waals surface area contributed by atoms with E-state index in [1.165, 1.54) is 27.9 Å². The molecule has 82 valence electrons. The van der Waals surface area contributed by atoms with Crippen LogP contribution in [0.4, 0.5) is 5.69 Å². The Kier molecular flexibility index (Phi) is 1.93. The molecule has 1 aromatic heterocycles. The molecule has 1 aromatic carbocycles. The molecule has 0 spiro atoms. The van der Waals surface area contributed by atoms with Crippen LogP contribution in [0, 0.1) is 13.8 Å². The van der Waals surface area contributed by atoms with Crippen LogP contribution in [0.1, 0.15) is 16.8 Å². The molecule has 2 aromatic rings. The number of fused-ring (bicyclic) bond motifs is 3. The van der Waals surface area contributed by atoms with Gasteiger partial charge in [0.15, 0.2) is 0 Å². The van der Waals surface area contributed by atoms with Crippen molar-refractivity contribution < 1.29 is 0 Å². The maximum Gasteiger partial charge on any atom is 0.0755 e. The third kappa shape index (κ3) is 1.16. The van der Waals surface area contributed by atoms with Crippen molar-refractivity contribution in [1.29, 1.82) is 0 Å². The van der Waals surface area contributed by atoms with E-state index in [9.17, 15) is 0 Å². The Morgan fingerprint density at radius 2 is 2.06 bits per heavy atom. The predicted octanol–water partition coefficient (Wildman–Crippen LogP) is 2.84. The van der Waals surface area contributed by atoms with Crippen molar-refractivity contribution in [3.05, 3.63) is 35.0 Å². The van der Waals surface area contributed by atoms with Crippen molar-refractivity contribution in [1.82, 2.24) is 4.98 Å². The summed E-state index contributed by atoms with van der Waals surface area (Å²) in [5.41, 5.74) is 6.45. The number of para-hydroxylation sites is 1. The lowest BCUT2D eigenvalue weighted by atomic mass is 10.0. The molecular formula is C14H16N2. The van der Waals surface area contributed by atoms with Gasteiger partial charge in [0.2, 0.25) is 0 Å². The number of nitrogens with zero attached hydrogens (tertiary/aromatic N) is 2. The second-order valence-corrected chi connectivity index (χ2v) is 4.67. The van der Waals surface area contributed by atoms with Crippen molar-refractivity contribution in [2.24, 2.45) is 0 Å². The standard InChI is InChI=1S/C14H16N2/c1-9-5-4-6-12-13(9)15-10(2)11-7-8-16(3)14(11)12/h4-6H,7-8H2,1-3H3. The number of pyridine rings is 1. The minimum atomic E-state index is 1.12. The molecule has 1 aliphatic heterocycles. The smallest absolute Gasteiger partial charge is 0.0755 e. The first-order valence-corrected chi connectivity index (χ1v) is 5.78. The Morgan fingerprint density at radius 3 is 2.88 bits per heavy atom. The van der Waals surface area contributed by atoms with Crippen LogP contribution >= 0.6 is 0 Å². The third-order valence-electron chi connectivity index (χ3n) is 3.57. The molecule has 2 heteroatoms. The van der Waals surface area contributed by atoms with Gasteiger partial charge in [-0.25, -0.2) is 0 Å². The zero-order valence-corrected chi connectivity index (χ0v) is 10.0. The van der Waals surface area contributed by atoms with E-state index in [0.717, 1.165) is 18.5 Å². The highest BCUT2D eigenvalue weighted by atomic mass is 15.1. The SMILES string of the molecule is Cc1nc2c(C)cccc2c2c1CCN2C. The Morgan fingerprint density at radius 1 is 1.25 bits per heavy atom. The number of aryl methyl sites for hydroxylation is 2. The van der Waals surface area contributed by atoms with Gasteiger partial charge in [0, 0.05) is 24.7 Å². The molecule has 0 saturated heterocycles. The minimum absolute atomic E-state index is 1.12. The van der Waals surface area contributed by atoms with Crippen molar-refractivity contribution in [2.75, 3.05) is 18.5 Å². The fourth-order valence-corrected chi connectivity index (χ4v) is 2.69. The molecule has 0 saturated carbocycles. The van der Waals surface area contributed by atoms with Crippen LogP contribution in [-0.2, 0) is 6.42 Å². The van der Waals surface area contributed by atoms with Gasteiger partial charge < -0.3 is 4.90 Å². The summed E-state index contributed by atoms with van der Waals surface area (Å²) in [6.07, 6.45) is 1.13. The van der Waals surface area contributed by atoms with E-state index in [2.05, 4.69) is 44.0 Å². The van der Waals surface area contributed by atoms with E-state index in [-0.39, 0.29) is 0 Å². The predicted molar refractivity (Wildman–Crippen MR) is 68.2 cm³/mol. The van der Waals surface area contributed by atoms with Crippen molar-refractivity contribution in [3.8, 4) is 0 Å². The molecular weight excluding hydrogens is 196 g/mol. The maximum absolute atomic E-state index is 4.75. The van der Waals surface area contributed by atoms with Crippen LogP contribution < -0.4 is 4.90 Å². The summed E-state index contributed by atoms with van der Waals surface area (Å²) in [5, 5.41) is 1.31. The molecule has 1 aliphatic rings. The zero-order valence-electron chi connectivity index (χ0n) is 10.0. The van der Waals surface area contributed by atoms with Crippen LogP contribution in [0.25, 0.3) is 10.9 Å². The molecule has 0 unspecified atom stereocenters. The van der Waals surface area contributed by atoms with Gasteiger partial charge in [-0.2, -0.15) is 0 Å². The average molecular weight is 212 g/mol. The first-order valence-electron chi connectivity index (χ1n) is 5.78. The number of hydrogen-bond donors (Lipinski definition) is 0. The summed E-state index contributed by atoms with van der Waals surface area (Å²) in [6.45, 7) is 5.38. The Labute approximate surface area is 95.9 Å². The van der Waals surface area contributed by atoms with E-state index in [1.807, 2.05) is 0 Å². The Hall–Kier alpha value is -1.57. The van der Waals surface area contributed by atoms with Crippen LogP contribution in [0.5, 0.6) is 0 Å². The number of benzene rings is 1. The highest BCUT2D eigenvalue weighted by molar-refractivity contribution is 5.96. The van der Waals surface area contributed by atoms with Crippen molar-refractivity contribution in [3.63, 3.8) is 0 Å². The Bertz CT molecular complexity index is 572. The summed E-state index contributed by atoms with van der Waals surface area (Å²) in [5.74, 6) is 0.